The Morgan fingerprint density at radius 3 is 2.29 bits per heavy atom. The number of rotatable bonds is 2. The third kappa shape index (κ3) is 3.70. The number of hydrogen-bond donors (Lipinski definition) is 2. The van der Waals surface area contributed by atoms with E-state index in [0.717, 1.165) is 39.0 Å². The fraction of sp³-hybridized carbons (Fsp3) is 0.556. The lowest BCUT2D eigenvalue weighted by Crippen LogP contribution is -2.47. The van der Waals surface area contributed by atoms with E-state index in [1.54, 1.807) is 24.3 Å². The highest BCUT2D eigenvalue weighted by atomic mass is 16.5. The second-order valence-electron chi connectivity index (χ2n) is 6.74. The summed E-state index contributed by atoms with van der Waals surface area (Å²) in [7, 11) is 1.32. The van der Waals surface area contributed by atoms with E-state index in [1.807, 2.05) is 4.90 Å². The smallest absolute Gasteiger partial charge is 0.411 e. The van der Waals surface area contributed by atoms with Crippen molar-refractivity contribution in [3.05, 3.63) is 29.8 Å². The van der Waals surface area contributed by atoms with Crippen molar-refractivity contribution in [3.8, 4) is 0 Å². The number of methoxy groups -OCH3 is 1. The zero-order chi connectivity index (χ0) is 17.0. The topological polar surface area (TPSA) is 70.7 Å². The van der Waals surface area contributed by atoms with Gasteiger partial charge in [0, 0.05) is 24.3 Å². The van der Waals surface area contributed by atoms with Crippen LogP contribution in [0.5, 0.6) is 0 Å². The lowest BCUT2D eigenvalue weighted by atomic mass is 9.71. The molecular formula is C18H25N3O3. The van der Waals surface area contributed by atoms with Gasteiger partial charge in [0.2, 0.25) is 0 Å². The summed E-state index contributed by atoms with van der Waals surface area (Å²) in [6.45, 7) is 3.87. The molecule has 2 aliphatic heterocycles. The van der Waals surface area contributed by atoms with Gasteiger partial charge in [-0.1, -0.05) is 0 Å². The number of hydrogen-bond acceptors (Lipinski definition) is 4. The highest BCUT2D eigenvalue weighted by Gasteiger charge is 2.36. The molecule has 0 aromatic heterocycles. The molecule has 0 atom stereocenters. The summed E-state index contributed by atoms with van der Waals surface area (Å²) in [5.41, 5.74) is 1.72. The standard InChI is InChI=1S/C18H25N3O3/c1-24-17(23)20-15-4-2-14(3-5-15)16(22)21-12-8-18(9-13-21)6-10-19-11-7-18/h2-5,19H,6-13H2,1H3,(H,20,23). The number of nitrogens with zero attached hydrogens (tertiary/aromatic N) is 1. The third-order valence-corrected chi connectivity index (χ3v) is 5.34. The third-order valence-electron chi connectivity index (χ3n) is 5.34. The predicted octanol–water partition coefficient (Wildman–Crippen LogP) is 2.47. The molecule has 2 saturated heterocycles. The van der Waals surface area contributed by atoms with Gasteiger partial charge in [0.15, 0.2) is 0 Å². The zero-order valence-corrected chi connectivity index (χ0v) is 14.1. The van der Waals surface area contributed by atoms with Crippen molar-refractivity contribution >= 4 is 17.7 Å². The molecule has 130 valence electrons. The Morgan fingerprint density at radius 2 is 1.71 bits per heavy atom. The van der Waals surface area contributed by atoms with E-state index in [4.69, 9.17) is 0 Å². The SMILES string of the molecule is COC(=O)Nc1ccc(C(=O)N2CCC3(CCNCC3)CC2)cc1. The molecule has 1 spiro atoms. The van der Waals surface area contributed by atoms with Crippen LogP contribution < -0.4 is 10.6 Å². The summed E-state index contributed by atoms with van der Waals surface area (Å²) in [6.07, 6.45) is 4.13. The average molecular weight is 331 g/mol. The molecule has 2 aliphatic rings. The predicted molar refractivity (Wildman–Crippen MR) is 92.1 cm³/mol. The van der Waals surface area contributed by atoms with Gasteiger partial charge in [-0.25, -0.2) is 4.79 Å². The number of amides is 2. The number of piperidine rings is 2. The van der Waals surface area contributed by atoms with Gasteiger partial charge in [-0.2, -0.15) is 0 Å². The highest BCUT2D eigenvalue weighted by Crippen LogP contribution is 2.39. The normalized spacial score (nSPS) is 19.8. The van der Waals surface area contributed by atoms with Crippen molar-refractivity contribution in [3.63, 3.8) is 0 Å². The molecule has 24 heavy (non-hydrogen) atoms. The number of carbonyl (C=O) groups excluding carboxylic acids is 2. The molecule has 2 N–H and O–H groups in total. The largest absolute Gasteiger partial charge is 0.453 e. The molecule has 0 unspecified atom stereocenters. The molecule has 3 rings (SSSR count). The maximum atomic E-state index is 12.7. The van der Waals surface area contributed by atoms with Crippen molar-refractivity contribution in [1.82, 2.24) is 10.2 Å². The van der Waals surface area contributed by atoms with Crippen LogP contribution in [0.3, 0.4) is 0 Å². The summed E-state index contributed by atoms with van der Waals surface area (Å²) < 4.78 is 4.55. The molecule has 2 amide bonds. The second-order valence-corrected chi connectivity index (χ2v) is 6.74. The first-order valence-electron chi connectivity index (χ1n) is 8.57. The molecule has 1 aromatic carbocycles. The molecule has 2 heterocycles. The Bertz CT molecular complexity index is 584. The summed E-state index contributed by atoms with van der Waals surface area (Å²) in [5.74, 6) is 0.0726. The quantitative estimate of drug-likeness (QED) is 0.873. The van der Waals surface area contributed by atoms with Crippen LogP contribution in [-0.4, -0.2) is 50.2 Å². The maximum Gasteiger partial charge on any atom is 0.411 e. The minimum Gasteiger partial charge on any atom is -0.453 e. The highest BCUT2D eigenvalue weighted by molar-refractivity contribution is 5.95. The van der Waals surface area contributed by atoms with Crippen LogP contribution in [0.2, 0.25) is 0 Å². The van der Waals surface area contributed by atoms with E-state index < -0.39 is 6.09 Å². The van der Waals surface area contributed by atoms with Gasteiger partial charge in [-0.05, 0) is 68.5 Å². The second kappa shape index (κ2) is 7.21. The molecular weight excluding hydrogens is 306 g/mol. The lowest BCUT2D eigenvalue weighted by Gasteiger charge is -2.44. The van der Waals surface area contributed by atoms with Crippen molar-refractivity contribution in [2.24, 2.45) is 5.41 Å². The summed E-state index contributed by atoms with van der Waals surface area (Å²) in [6, 6.07) is 6.95. The molecule has 0 saturated carbocycles. The van der Waals surface area contributed by atoms with Gasteiger partial charge in [0.25, 0.3) is 5.91 Å². The Morgan fingerprint density at radius 1 is 1.08 bits per heavy atom. The van der Waals surface area contributed by atoms with Crippen molar-refractivity contribution in [2.45, 2.75) is 25.7 Å². The van der Waals surface area contributed by atoms with E-state index in [1.165, 1.54) is 20.0 Å². The van der Waals surface area contributed by atoms with Crippen LogP contribution in [-0.2, 0) is 4.74 Å². The van der Waals surface area contributed by atoms with Crippen molar-refractivity contribution < 1.29 is 14.3 Å². The van der Waals surface area contributed by atoms with Crippen LogP contribution in [0, 0.1) is 5.41 Å². The summed E-state index contributed by atoms with van der Waals surface area (Å²) in [5, 5.41) is 6.00. The monoisotopic (exact) mass is 331 g/mol. The molecule has 2 fully saturated rings. The van der Waals surface area contributed by atoms with E-state index in [0.29, 0.717) is 16.7 Å². The minimum atomic E-state index is -0.516. The molecule has 6 nitrogen and oxygen atoms in total. The van der Waals surface area contributed by atoms with E-state index in [9.17, 15) is 9.59 Å². The van der Waals surface area contributed by atoms with Gasteiger partial charge in [0.05, 0.1) is 7.11 Å². The van der Waals surface area contributed by atoms with Crippen molar-refractivity contribution in [1.29, 1.82) is 0 Å². The Hall–Kier alpha value is -2.08. The van der Waals surface area contributed by atoms with Gasteiger partial charge in [0.1, 0.15) is 0 Å². The fourth-order valence-electron chi connectivity index (χ4n) is 3.69. The van der Waals surface area contributed by atoms with Crippen LogP contribution >= 0.6 is 0 Å². The molecule has 1 aromatic rings. The van der Waals surface area contributed by atoms with E-state index in [2.05, 4.69) is 15.4 Å². The van der Waals surface area contributed by atoms with Gasteiger partial charge in [-0.15, -0.1) is 0 Å². The van der Waals surface area contributed by atoms with Crippen LogP contribution in [0.1, 0.15) is 36.0 Å². The first kappa shape index (κ1) is 16.8. The van der Waals surface area contributed by atoms with E-state index in [-0.39, 0.29) is 5.91 Å². The Balaban J connectivity index is 1.58. The Labute approximate surface area is 142 Å². The molecule has 0 bridgehead atoms. The first-order chi connectivity index (χ1) is 11.6. The number of benzene rings is 1. The average Bonchev–Trinajstić information content (AvgIpc) is 2.63. The first-order valence-corrected chi connectivity index (χ1v) is 8.57. The number of carbonyl (C=O) groups is 2. The van der Waals surface area contributed by atoms with Crippen LogP contribution in [0.4, 0.5) is 10.5 Å². The number of anilines is 1. The molecule has 0 radical (unpaired) electrons. The van der Waals surface area contributed by atoms with Gasteiger partial charge < -0.3 is 15.0 Å². The van der Waals surface area contributed by atoms with Crippen molar-refractivity contribution in [2.75, 3.05) is 38.6 Å². The van der Waals surface area contributed by atoms with Crippen LogP contribution in [0.15, 0.2) is 24.3 Å². The molecule has 0 aliphatic carbocycles. The van der Waals surface area contributed by atoms with Crippen LogP contribution in [0.25, 0.3) is 0 Å². The summed E-state index contributed by atoms with van der Waals surface area (Å²) >= 11 is 0. The summed E-state index contributed by atoms with van der Waals surface area (Å²) in [4.78, 5) is 25.8. The molecule has 6 heteroatoms. The number of ether oxygens (including phenoxy) is 1. The fourth-order valence-corrected chi connectivity index (χ4v) is 3.69. The minimum absolute atomic E-state index is 0.0726. The van der Waals surface area contributed by atoms with Gasteiger partial charge >= 0.3 is 6.09 Å². The lowest BCUT2D eigenvalue weighted by molar-refractivity contribution is 0.0495. The van der Waals surface area contributed by atoms with E-state index >= 15 is 0 Å². The Kier molecular flexibility index (Phi) is 5.04. The number of likely N-dealkylation sites (tertiary alicyclic amines) is 1. The zero-order valence-electron chi connectivity index (χ0n) is 14.1. The maximum absolute atomic E-state index is 12.7. The van der Waals surface area contributed by atoms with Gasteiger partial charge in [-0.3, -0.25) is 10.1 Å². The number of nitrogens with one attached hydrogen (secondary N) is 2.